The molecule has 7 nitrogen and oxygen atoms in total. The molecule has 0 saturated carbocycles. The summed E-state index contributed by atoms with van der Waals surface area (Å²) in [6.45, 7) is 5.43. The quantitative estimate of drug-likeness (QED) is 0.737. The second kappa shape index (κ2) is 6.60. The zero-order chi connectivity index (χ0) is 14.5. The van der Waals surface area contributed by atoms with E-state index < -0.39 is 6.04 Å². The third-order valence-electron chi connectivity index (χ3n) is 3.36. The Bertz CT molecular complexity index is 481. The maximum atomic E-state index is 11.8. The highest BCUT2D eigenvalue weighted by Crippen LogP contribution is 2.17. The highest BCUT2D eigenvalue weighted by Gasteiger charge is 2.32. The Morgan fingerprint density at radius 1 is 1.35 bits per heavy atom. The van der Waals surface area contributed by atoms with Crippen molar-refractivity contribution in [1.29, 1.82) is 0 Å². The molecule has 1 atom stereocenters. The summed E-state index contributed by atoms with van der Waals surface area (Å²) >= 11 is 0. The van der Waals surface area contributed by atoms with E-state index >= 15 is 0 Å². The van der Waals surface area contributed by atoms with Gasteiger partial charge in [0.15, 0.2) is 6.04 Å². The Morgan fingerprint density at radius 2 is 2.10 bits per heavy atom. The number of aromatic nitrogens is 3. The fourth-order valence-corrected chi connectivity index (χ4v) is 2.22. The predicted molar refractivity (Wildman–Crippen MR) is 72.6 cm³/mol. The summed E-state index contributed by atoms with van der Waals surface area (Å²) in [5.41, 5.74) is 1.83. The van der Waals surface area contributed by atoms with Crippen LogP contribution >= 0.6 is 0 Å². The van der Waals surface area contributed by atoms with Gasteiger partial charge in [0.25, 0.3) is 0 Å². The van der Waals surface area contributed by atoms with Gasteiger partial charge in [-0.1, -0.05) is 13.8 Å². The van der Waals surface area contributed by atoms with E-state index in [1.807, 2.05) is 13.8 Å². The molecule has 1 aromatic rings. The summed E-state index contributed by atoms with van der Waals surface area (Å²) < 4.78 is 10.1. The molecule has 0 bridgehead atoms. The van der Waals surface area contributed by atoms with Crippen molar-refractivity contribution in [3.63, 3.8) is 0 Å². The zero-order valence-electron chi connectivity index (χ0n) is 12.1. The van der Waals surface area contributed by atoms with Gasteiger partial charge in [0.2, 0.25) is 5.95 Å². The van der Waals surface area contributed by atoms with Crippen LogP contribution in [0.4, 0.5) is 5.95 Å². The lowest BCUT2D eigenvalue weighted by Crippen LogP contribution is -2.51. The Kier molecular flexibility index (Phi) is 4.84. The third-order valence-corrected chi connectivity index (χ3v) is 3.36. The lowest BCUT2D eigenvalue weighted by atomic mass is 10.2. The van der Waals surface area contributed by atoms with Gasteiger partial charge in [-0.3, -0.25) is 0 Å². The second-order valence-corrected chi connectivity index (χ2v) is 4.52. The van der Waals surface area contributed by atoms with Crippen LogP contribution in [0.2, 0.25) is 0 Å². The van der Waals surface area contributed by atoms with Gasteiger partial charge in [0.05, 0.1) is 31.7 Å². The molecule has 0 radical (unpaired) electrons. The summed E-state index contributed by atoms with van der Waals surface area (Å²) in [6.07, 6.45) is 1.59. The molecule has 2 rings (SSSR count). The van der Waals surface area contributed by atoms with E-state index in [0.717, 1.165) is 24.2 Å². The van der Waals surface area contributed by atoms with Crippen molar-refractivity contribution in [3.8, 4) is 0 Å². The molecule has 0 N–H and O–H groups in total. The minimum absolute atomic E-state index is 0.285. The molecule has 0 aromatic carbocycles. The molecule has 1 aromatic heterocycles. The monoisotopic (exact) mass is 280 g/mol. The van der Waals surface area contributed by atoms with Crippen LogP contribution in [0, 0.1) is 0 Å². The number of aryl methyl sites for hydroxylation is 2. The van der Waals surface area contributed by atoms with Crippen LogP contribution < -0.4 is 4.90 Å². The number of rotatable bonds is 4. The Labute approximate surface area is 118 Å². The molecule has 20 heavy (non-hydrogen) atoms. The van der Waals surface area contributed by atoms with E-state index in [1.54, 1.807) is 4.90 Å². The number of anilines is 1. The number of esters is 1. The Hall–Kier alpha value is -1.76. The van der Waals surface area contributed by atoms with Gasteiger partial charge < -0.3 is 14.4 Å². The summed E-state index contributed by atoms with van der Waals surface area (Å²) in [7, 11) is 1.37. The minimum atomic E-state index is -0.507. The van der Waals surface area contributed by atoms with Gasteiger partial charge in [-0.05, 0) is 12.8 Å². The van der Waals surface area contributed by atoms with Gasteiger partial charge in [-0.2, -0.15) is 5.10 Å². The number of carbonyl (C=O) groups is 1. The van der Waals surface area contributed by atoms with E-state index in [2.05, 4.69) is 15.2 Å². The fourth-order valence-electron chi connectivity index (χ4n) is 2.22. The van der Waals surface area contributed by atoms with Crippen LogP contribution in [-0.4, -0.2) is 54.1 Å². The molecule has 110 valence electrons. The lowest BCUT2D eigenvalue weighted by molar-refractivity contribution is -0.144. The average Bonchev–Trinajstić information content (AvgIpc) is 2.53. The molecular weight excluding hydrogens is 260 g/mol. The van der Waals surface area contributed by atoms with Crippen LogP contribution in [0.1, 0.15) is 25.2 Å². The van der Waals surface area contributed by atoms with Crippen LogP contribution in [0.3, 0.4) is 0 Å². The second-order valence-electron chi connectivity index (χ2n) is 4.52. The number of nitrogens with zero attached hydrogens (tertiary/aromatic N) is 4. The maximum Gasteiger partial charge on any atom is 0.331 e. The van der Waals surface area contributed by atoms with Gasteiger partial charge in [0.1, 0.15) is 0 Å². The molecule has 0 amide bonds. The number of hydrogen-bond acceptors (Lipinski definition) is 7. The van der Waals surface area contributed by atoms with Crippen molar-refractivity contribution in [2.45, 2.75) is 32.7 Å². The van der Waals surface area contributed by atoms with Crippen molar-refractivity contribution in [2.24, 2.45) is 0 Å². The van der Waals surface area contributed by atoms with Crippen molar-refractivity contribution in [3.05, 3.63) is 11.4 Å². The predicted octanol–water partition coefficient (Wildman–Crippen LogP) is 0.375. The molecule has 1 unspecified atom stereocenters. The van der Waals surface area contributed by atoms with Gasteiger partial charge in [-0.25, -0.2) is 9.78 Å². The number of methoxy groups -OCH3 is 1. The lowest BCUT2D eigenvalue weighted by Gasteiger charge is -2.33. The Morgan fingerprint density at radius 3 is 2.75 bits per heavy atom. The molecule has 2 heterocycles. The van der Waals surface area contributed by atoms with E-state index in [9.17, 15) is 4.79 Å². The summed E-state index contributed by atoms with van der Waals surface area (Å²) in [5, 5.41) is 8.37. The number of carbonyl (C=O) groups excluding carboxylic acids is 1. The molecule has 0 aliphatic carbocycles. The van der Waals surface area contributed by atoms with Crippen LogP contribution in [0.15, 0.2) is 0 Å². The first-order valence-corrected chi connectivity index (χ1v) is 6.85. The van der Waals surface area contributed by atoms with Crippen molar-refractivity contribution >= 4 is 11.9 Å². The van der Waals surface area contributed by atoms with Crippen LogP contribution in [0.5, 0.6) is 0 Å². The highest BCUT2D eigenvalue weighted by atomic mass is 16.5. The standard InChI is InChI=1S/C13H20N4O3/c1-4-9-10(5-2)15-16-13(14-9)17-6-7-20-8-11(17)12(18)19-3/h11H,4-8H2,1-3H3. The van der Waals surface area contributed by atoms with Gasteiger partial charge in [0, 0.05) is 6.54 Å². The van der Waals surface area contributed by atoms with Crippen molar-refractivity contribution in [1.82, 2.24) is 15.2 Å². The number of ether oxygens (including phenoxy) is 2. The first-order chi connectivity index (χ1) is 9.71. The van der Waals surface area contributed by atoms with E-state index in [0.29, 0.717) is 19.1 Å². The highest BCUT2D eigenvalue weighted by molar-refractivity contribution is 5.79. The van der Waals surface area contributed by atoms with Gasteiger partial charge >= 0.3 is 5.97 Å². The minimum Gasteiger partial charge on any atom is -0.467 e. The fraction of sp³-hybridized carbons (Fsp3) is 0.692. The first-order valence-electron chi connectivity index (χ1n) is 6.85. The molecule has 1 fully saturated rings. The summed E-state index contributed by atoms with van der Waals surface area (Å²) in [6, 6.07) is -0.507. The van der Waals surface area contributed by atoms with Crippen molar-refractivity contribution < 1.29 is 14.3 Å². The van der Waals surface area contributed by atoms with E-state index in [4.69, 9.17) is 9.47 Å². The topological polar surface area (TPSA) is 77.4 Å². The van der Waals surface area contributed by atoms with Crippen LogP contribution in [-0.2, 0) is 27.1 Å². The number of morpholine rings is 1. The normalized spacial score (nSPS) is 18.9. The van der Waals surface area contributed by atoms with E-state index in [-0.39, 0.29) is 12.6 Å². The molecular formula is C13H20N4O3. The number of hydrogen-bond donors (Lipinski definition) is 0. The third kappa shape index (κ3) is 2.87. The van der Waals surface area contributed by atoms with Crippen LogP contribution in [0.25, 0.3) is 0 Å². The Balaban J connectivity index is 2.30. The summed E-state index contributed by atoms with van der Waals surface area (Å²) in [5.74, 6) is 0.128. The SMILES string of the molecule is CCc1nnc(N2CCOCC2C(=O)OC)nc1CC. The van der Waals surface area contributed by atoms with Gasteiger partial charge in [-0.15, -0.1) is 5.10 Å². The molecule has 1 aliphatic heterocycles. The first kappa shape index (κ1) is 14.6. The van der Waals surface area contributed by atoms with Crippen molar-refractivity contribution in [2.75, 3.05) is 31.8 Å². The molecule has 0 spiro atoms. The summed E-state index contributed by atoms with van der Waals surface area (Å²) in [4.78, 5) is 18.2. The molecule has 7 heteroatoms. The zero-order valence-corrected chi connectivity index (χ0v) is 12.1. The molecule has 1 aliphatic rings. The smallest absolute Gasteiger partial charge is 0.331 e. The van der Waals surface area contributed by atoms with E-state index in [1.165, 1.54) is 7.11 Å². The molecule has 1 saturated heterocycles. The maximum absolute atomic E-state index is 11.8. The average molecular weight is 280 g/mol. The largest absolute Gasteiger partial charge is 0.467 e.